The van der Waals surface area contributed by atoms with E-state index in [4.69, 9.17) is 10.5 Å². The van der Waals surface area contributed by atoms with E-state index in [1.165, 1.54) is 19.3 Å². The Bertz CT molecular complexity index is 501. The van der Waals surface area contributed by atoms with Crippen LogP contribution in [0.5, 0.6) is 5.75 Å². The van der Waals surface area contributed by atoms with Crippen LogP contribution in [-0.2, 0) is 6.54 Å². The van der Waals surface area contributed by atoms with Crippen molar-refractivity contribution in [3.05, 3.63) is 23.0 Å². The number of aryl methyl sites for hydroxylation is 1. The van der Waals surface area contributed by atoms with Gasteiger partial charge in [0.1, 0.15) is 5.75 Å². The maximum absolute atomic E-state index is 5.88. The topological polar surface area (TPSA) is 72.5 Å². The molecule has 1 aromatic heterocycles. The maximum atomic E-state index is 5.88. The minimum absolute atomic E-state index is 0. The lowest BCUT2D eigenvalue weighted by atomic mass is 9.85. The van der Waals surface area contributed by atoms with E-state index in [-0.39, 0.29) is 24.0 Å². The summed E-state index contributed by atoms with van der Waals surface area (Å²) >= 11 is 0. The summed E-state index contributed by atoms with van der Waals surface area (Å²) in [6.07, 6.45) is 5.76. The van der Waals surface area contributed by atoms with Crippen molar-refractivity contribution in [1.82, 2.24) is 10.3 Å². The van der Waals surface area contributed by atoms with E-state index in [1.54, 1.807) is 7.11 Å². The number of nitrogens with one attached hydrogen (secondary N) is 1. The monoisotopic (exact) mass is 404 g/mol. The van der Waals surface area contributed by atoms with Crippen molar-refractivity contribution in [2.75, 3.05) is 13.7 Å². The summed E-state index contributed by atoms with van der Waals surface area (Å²) < 4.78 is 5.39. The molecule has 2 rings (SSSR count). The molecule has 1 aromatic rings. The van der Waals surface area contributed by atoms with Crippen molar-refractivity contribution in [3.8, 4) is 5.75 Å². The lowest BCUT2D eigenvalue weighted by molar-refractivity contribution is 0.315. The molecule has 6 heteroatoms. The molecule has 1 heterocycles. The minimum atomic E-state index is 0. The SMILES string of the molecule is COc1c(C)cnc(CN=C(N)NCC2CCC2)c1C.I. The molecule has 0 saturated heterocycles. The maximum Gasteiger partial charge on any atom is 0.188 e. The predicted molar refractivity (Wildman–Crippen MR) is 96.3 cm³/mol. The number of nitrogens with zero attached hydrogens (tertiary/aromatic N) is 2. The number of aromatic nitrogens is 1. The highest BCUT2D eigenvalue weighted by molar-refractivity contribution is 14.0. The number of guanidine groups is 1. The third kappa shape index (κ3) is 4.72. The number of halogens is 1. The molecule has 3 N–H and O–H groups in total. The quantitative estimate of drug-likeness (QED) is 0.450. The molecule has 0 spiro atoms. The van der Waals surface area contributed by atoms with Crippen LogP contribution in [0.25, 0.3) is 0 Å². The van der Waals surface area contributed by atoms with Gasteiger partial charge in [-0.25, -0.2) is 4.99 Å². The number of ether oxygens (including phenoxy) is 1. The lowest BCUT2D eigenvalue weighted by Crippen LogP contribution is -2.37. The fourth-order valence-corrected chi connectivity index (χ4v) is 2.39. The average Bonchev–Trinajstić information content (AvgIpc) is 2.36. The van der Waals surface area contributed by atoms with Crippen LogP contribution in [0.4, 0.5) is 0 Å². The molecule has 0 atom stereocenters. The molecule has 0 amide bonds. The van der Waals surface area contributed by atoms with Gasteiger partial charge in [-0.3, -0.25) is 4.98 Å². The van der Waals surface area contributed by atoms with Crippen molar-refractivity contribution in [1.29, 1.82) is 0 Å². The van der Waals surface area contributed by atoms with Crippen LogP contribution in [0, 0.1) is 19.8 Å². The van der Waals surface area contributed by atoms with Gasteiger partial charge in [-0.2, -0.15) is 0 Å². The number of rotatable bonds is 5. The Morgan fingerprint density at radius 1 is 1.48 bits per heavy atom. The molecule has 1 saturated carbocycles. The Hall–Kier alpha value is -1.05. The summed E-state index contributed by atoms with van der Waals surface area (Å²) in [5.41, 5.74) is 8.85. The van der Waals surface area contributed by atoms with E-state index in [0.29, 0.717) is 12.5 Å². The predicted octanol–water partition coefficient (Wildman–Crippen LogP) is 2.53. The molecular weight excluding hydrogens is 379 g/mol. The first-order valence-electron chi connectivity index (χ1n) is 7.14. The summed E-state index contributed by atoms with van der Waals surface area (Å²) in [5.74, 6) is 2.15. The normalized spacial score (nSPS) is 15.1. The van der Waals surface area contributed by atoms with Crippen LogP contribution in [0.3, 0.4) is 0 Å². The highest BCUT2D eigenvalue weighted by atomic mass is 127. The molecule has 118 valence electrons. The van der Waals surface area contributed by atoms with Crippen LogP contribution in [0.1, 0.15) is 36.1 Å². The number of pyridine rings is 1. The van der Waals surface area contributed by atoms with Gasteiger partial charge < -0.3 is 15.8 Å². The van der Waals surface area contributed by atoms with Gasteiger partial charge >= 0.3 is 0 Å². The standard InChI is InChI=1S/C15H24N4O.HI/c1-10-7-17-13(11(2)14(10)20-3)9-19-15(16)18-8-12-5-4-6-12;/h7,12H,4-6,8-9H2,1-3H3,(H3,16,18,19);1H. The third-order valence-electron chi connectivity index (χ3n) is 3.95. The van der Waals surface area contributed by atoms with Crippen molar-refractivity contribution < 1.29 is 4.74 Å². The summed E-state index contributed by atoms with van der Waals surface area (Å²) in [4.78, 5) is 8.77. The molecule has 1 aliphatic carbocycles. The average molecular weight is 404 g/mol. The van der Waals surface area contributed by atoms with Gasteiger partial charge in [-0.05, 0) is 32.6 Å². The van der Waals surface area contributed by atoms with Gasteiger partial charge in [0.15, 0.2) is 5.96 Å². The van der Waals surface area contributed by atoms with Crippen LogP contribution >= 0.6 is 24.0 Å². The van der Waals surface area contributed by atoms with Crippen LogP contribution in [0.15, 0.2) is 11.2 Å². The Morgan fingerprint density at radius 2 is 2.19 bits per heavy atom. The zero-order valence-electron chi connectivity index (χ0n) is 13.0. The van der Waals surface area contributed by atoms with E-state index < -0.39 is 0 Å². The molecule has 1 aliphatic rings. The smallest absolute Gasteiger partial charge is 0.188 e. The minimum Gasteiger partial charge on any atom is -0.496 e. The second-order valence-electron chi connectivity index (χ2n) is 5.43. The van der Waals surface area contributed by atoms with E-state index in [1.807, 2.05) is 20.0 Å². The van der Waals surface area contributed by atoms with E-state index in [0.717, 1.165) is 35.0 Å². The van der Waals surface area contributed by atoms with Crippen LogP contribution < -0.4 is 15.8 Å². The van der Waals surface area contributed by atoms with Gasteiger partial charge in [-0.15, -0.1) is 24.0 Å². The Labute approximate surface area is 143 Å². The number of methoxy groups -OCH3 is 1. The van der Waals surface area contributed by atoms with Crippen LogP contribution in [-0.4, -0.2) is 24.6 Å². The zero-order valence-corrected chi connectivity index (χ0v) is 15.3. The van der Waals surface area contributed by atoms with Crippen molar-refractivity contribution in [2.45, 2.75) is 39.7 Å². The number of hydrogen-bond donors (Lipinski definition) is 2. The molecule has 5 nitrogen and oxygen atoms in total. The lowest BCUT2D eigenvalue weighted by Gasteiger charge is -2.25. The summed E-state index contributed by atoms with van der Waals surface area (Å²) in [7, 11) is 1.68. The Kier molecular flexibility index (Phi) is 7.21. The van der Waals surface area contributed by atoms with Crippen molar-refractivity contribution >= 4 is 29.9 Å². The molecule has 0 bridgehead atoms. The molecule has 0 aliphatic heterocycles. The molecule has 0 radical (unpaired) electrons. The van der Waals surface area contributed by atoms with Gasteiger partial charge in [0, 0.05) is 23.9 Å². The zero-order chi connectivity index (χ0) is 14.5. The highest BCUT2D eigenvalue weighted by Gasteiger charge is 2.16. The van der Waals surface area contributed by atoms with Gasteiger partial charge in [0.2, 0.25) is 0 Å². The van der Waals surface area contributed by atoms with E-state index in [9.17, 15) is 0 Å². The molecule has 1 fully saturated rings. The molecule has 0 aromatic carbocycles. The van der Waals surface area contributed by atoms with Crippen molar-refractivity contribution in [2.24, 2.45) is 16.6 Å². The van der Waals surface area contributed by atoms with Gasteiger partial charge in [0.05, 0.1) is 19.3 Å². The largest absolute Gasteiger partial charge is 0.496 e. The van der Waals surface area contributed by atoms with E-state index >= 15 is 0 Å². The Balaban J connectivity index is 0.00000220. The fraction of sp³-hybridized carbons (Fsp3) is 0.600. The van der Waals surface area contributed by atoms with Crippen molar-refractivity contribution in [3.63, 3.8) is 0 Å². The molecule has 21 heavy (non-hydrogen) atoms. The van der Waals surface area contributed by atoms with Gasteiger partial charge in [-0.1, -0.05) is 6.42 Å². The Morgan fingerprint density at radius 3 is 2.76 bits per heavy atom. The first-order chi connectivity index (χ1) is 9.61. The third-order valence-corrected chi connectivity index (χ3v) is 3.95. The number of aliphatic imine (C=N–C) groups is 1. The second-order valence-corrected chi connectivity index (χ2v) is 5.43. The second kappa shape index (κ2) is 8.41. The number of hydrogen-bond acceptors (Lipinski definition) is 3. The summed E-state index contributed by atoms with van der Waals surface area (Å²) in [6, 6.07) is 0. The van der Waals surface area contributed by atoms with E-state index in [2.05, 4.69) is 15.3 Å². The van der Waals surface area contributed by atoms with Gasteiger partial charge in [0.25, 0.3) is 0 Å². The molecular formula is C15H25IN4O. The summed E-state index contributed by atoms with van der Waals surface area (Å²) in [6.45, 7) is 5.40. The summed E-state index contributed by atoms with van der Waals surface area (Å²) in [5, 5.41) is 3.18. The molecule has 0 unspecified atom stereocenters. The number of nitrogens with two attached hydrogens (primary N) is 1. The van der Waals surface area contributed by atoms with Crippen LogP contribution in [0.2, 0.25) is 0 Å². The highest BCUT2D eigenvalue weighted by Crippen LogP contribution is 2.25. The first-order valence-corrected chi connectivity index (χ1v) is 7.14. The fourth-order valence-electron chi connectivity index (χ4n) is 2.39. The first kappa shape index (κ1) is 18.0.